The van der Waals surface area contributed by atoms with Crippen molar-refractivity contribution in [1.82, 2.24) is 15.2 Å². The van der Waals surface area contributed by atoms with Gasteiger partial charge in [-0.3, -0.25) is 9.78 Å². The standard InChI is InChI=1S/C25H28N4O2/c1-17(2)23-16-21(20-10-6-7-11-22(20)28-23)24(30)26-19-12-14-29(15-13-19)25(31)27-18-8-4-3-5-9-18/h3-11,16-17,19H,12-15H2,1-2H3,(H,26,30)(H,27,31). The average Bonchev–Trinajstić information content (AvgIpc) is 2.79. The summed E-state index contributed by atoms with van der Waals surface area (Å²) >= 11 is 0. The normalized spacial score (nSPS) is 14.6. The SMILES string of the molecule is CC(C)c1cc(C(=O)NC2CCN(C(=O)Nc3ccccc3)CC2)c2ccccc2n1. The van der Waals surface area contributed by atoms with Crippen molar-refractivity contribution in [2.45, 2.75) is 38.6 Å². The largest absolute Gasteiger partial charge is 0.349 e. The number of fused-ring (bicyclic) bond motifs is 1. The minimum atomic E-state index is -0.0994. The van der Waals surface area contributed by atoms with E-state index < -0.39 is 0 Å². The molecular weight excluding hydrogens is 388 g/mol. The van der Waals surface area contributed by atoms with Crippen LogP contribution in [-0.4, -0.2) is 41.0 Å². The highest BCUT2D eigenvalue weighted by Gasteiger charge is 2.25. The lowest BCUT2D eigenvalue weighted by Crippen LogP contribution is -2.47. The number of anilines is 1. The maximum Gasteiger partial charge on any atom is 0.321 e. The Morgan fingerprint density at radius 1 is 1.00 bits per heavy atom. The fourth-order valence-electron chi connectivity index (χ4n) is 3.89. The quantitative estimate of drug-likeness (QED) is 0.642. The molecule has 1 fully saturated rings. The first-order chi connectivity index (χ1) is 15.0. The summed E-state index contributed by atoms with van der Waals surface area (Å²) in [5.74, 6) is 0.162. The molecule has 2 heterocycles. The Balaban J connectivity index is 1.40. The van der Waals surface area contributed by atoms with Gasteiger partial charge in [0.1, 0.15) is 0 Å². The number of urea groups is 1. The molecule has 31 heavy (non-hydrogen) atoms. The van der Waals surface area contributed by atoms with Crippen molar-refractivity contribution in [1.29, 1.82) is 0 Å². The Bertz CT molecular complexity index is 1070. The lowest BCUT2D eigenvalue weighted by molar-refractivity contribution is 0.0920. The van der Waals surface area contributed by atoms with Crippen LogP contribution in [0.15, 0.2) is 60.7 Å². The molecule has 1 aliphatic heterocycles. The van der Waals surface area contributed by atoms with E-state index in [2.05, 4.69) is 24.5 Å². The number of rotatable bonds is 4. The topological polar surface area (TPSA) is 74.3 Å². The van der Waals surface area contributed by atoms with E-state index in [0.29, 0.717) is 18.7 Å². The lowest BCUT2D eigenvalue weighted by Gasteiger charge is -2.32. The van der Waals surface area contributed by atoms with Gasteiger partial charge in [-0.05, 0) is 43.0 Å². The molecule has 1 aromatic heterocycles. The number of amides is 3. The van der Waals surface area contributed by atoms with Crippen LogP contribution in [-0.2, 0) is 0 Å². The number of para-hydroxylation sites is 2. The Labute approximate surface area is 182 Å². The van der Waals surface area contributed by atoms with Crippen molar-refractivity contribution in [3.63, 3.8) is 0 Å². The monoisotopic (exact) mass is 416 g/mol. The molecule has 0 radical (unpaired) electrons. The van der Waals surface area contributed by atoms with E-state index in [1.807, 2.05) is 60.7 Å². The van der Waals surface area contributed by atoms with Crippen LogP contribution in [0, 0.1) is 0 Å². The average molecular weight is 417 g/mol. The van der Waals surface area contributed by atoms with Crippen molar-refractivity contribution in [2.75, 3.05) is 18.4 Å². The zero-order valence-electron chi connectivity index (χ0n) is 18.0. The summed E-state index contributed by atoms with van der Waals surface area (Å²) in [6, 6.07) is 19.1. The van der Waals surface area contributed by atoms with Crippen LogP contribution in [0.25, 0.3) is 10.9 Å². The van der Waals surface area contributed by atoms with Gasteiger partial charge in [0.2, 0.25) is 0 Å². The van der Waals surface area contributed by atoms with Gasteiger partial charge in [-0.2, -0.15) is 0 Å². The van der Waals surface area contributed by atoms with E-state index in [0.717, 1.165) is 35.1 Å². The highest BCUT2D eigenvalue weighted by atomic mass is 16.2. The maximum atomic E-state index is 13.1. The molecule has 0 saturated carbocycles. The third kappa shape index (κ3) is 4.85. The van der Waals surface area contributed by atoms with Crippen molar-refractivity contribution >= 4 is 28.5 Å². The maximum absolute atomic E-state index is 13.1. The van der Waals surface area contributed by atoms with Gasteiger partial charge in [-0.1, -0.05) is 50.2 Å². The Kier molecular flexibility index (Phi) is 6.16. The number of carbonyl (C=O) groups excluding carboxylic acids is 2. The van der Waals surface area contributed by atoms with E-state index in [9.17, 15) is 9.59 Å². The minimum absolute atomic E-state index is 0.0442. The molecule has 160 valence electrons. The van der Waals surface area contributed by atoms with Crippen molar-refractivity contribution in [3.8, 4) is 0 Å². The molecule has 3 amide bonds. The molecule has 0 aliphatic carbocycles. The number of pyridine rings is 1. The summed E-state index contributed by atoms with van der Waals surface area (Å²) in [6.07, 6.45) is 1.46. The van der Waals surface area contributed by atoms with Crippen molar-refractivity contribution < 1.29 is 9.59 Å². The molecule has 0 atom stereocenters. The van der Waals surface area contributed by atoms with Gasteiger partial charge in [0.15, 0.2) is 0 Å². The Hall–Kier alpha value is -3.41. The third-order valence-corrected chi connectivity index (χ3v) is 5.71. The summed E-state index contributed by atoms with van der Waals surface area (Å²) in [6.45, 7) is 5.37. The molecule has 4 rings (SSSR count). The molecule has 1 saturated heterocycles. The van der Waals surface area contributed by atoms with Gasteiger partial charge < -0.3 is 15.5 Å². The Morgan fingerprint density at radius 2 is 1.68 bits per heavy atom. The van der Waals surface area contributed by atoms with Gasteiger partial charge >= 0.3 is 6.03 Å². The summed E-state index contributed by atoms with van der Waals surface area (Å²) in [4.78, 5) is 32.1. The molecule has 2 N–H and O–H groups in total. The minimum Gasteiger partial charge on any atom is -0.349 e. The third-order valence-electron chi connectivity index (χ3n) is 5.71. The first-order valence-corrected chi connectivity index (χ1v) is 10.8. The molecular formula is C25H28N4O2. The van der Waals surface area contributed by atoms with Crippen LogP contribution < -0.4 is 10.6 Å². The number of nitrogens with one attached hydrogen (secondary N) is 2. The van der Waals surface area contributed by atoms with E-state index >= 15 is 0 Å². The lowest BCUT2D eigenvalue weighted by atomic mass is 10.0. The van der Waals surface area contributed by atoms with E-state index in [1.165, 1.54) is 0 Å². The van der Waals surface area contributed by atoms with Crippen molar-refractivity contribution in [2.24, 2.45) is 0 Å². The van der Waals surface area contributed by atoms with E-state index in [1.54, 1.807) is 4.90 Å². The summed E-state index contributed by atoms with van der Waals surface area (Å²) in [5, 5.41) is 6.97. The van der Waals surface area contributed by atoms with E-state index in [-0.39, 0.29) is 23.9 Å². The number of carbonyl (C=O) groups is 2. The predicted octanol–water partition coefficient (Wildman–Crippen LogP) is 4.78. The zero-order valence-corrected chi connectivity index (χ0v) is 18.0. The summed E-state index contributed by atoms with van der Waals surface area (Å²) in [7, 11) is 0. The smallest absolute Gasteiger partial charge is 0.321 e. The van der Waals surface area contributed by atoms with Crippen LogP contribution in [0.4, 0.5) is 10.5 Å². The van der Waals surface area contributed by atoms with Gasteiger partial charge in [0, 0.05) is 35.9 Å². The number of piperidine rings is 1. The zero-order chi connectivity index (χ0) is 21.8. The second-order valence-electron chi connectivity index (χ2n) is 8.30. The molecule has 0 unspecified atom stereocenters. The number of hydrogen-bond acceptors (Lipinski definition) is 3. The van der Waals surface area contributed by atoms with Crippen LogP contribution >= 0.6 is 0 Å². The number of benzene rings is 2. The van der Waals surface area contributed by atoms with Gasteiger partial charge in [-0.25, -0.2) is 4.79 Å². The van der Waals surface area contributed by atoms with Crippen LogP contribution in [0.3, 0.4) is 0 Å². The summed E-state index contributed by atoms with van der Waals surface area (Å²) < 4.78 is 0. The second-order valence-corrected chi connectivity index (χ2v) is 8.30. The number of hydrogen-bond donors (Lipinski definition) is 2. The fraction of sp³-hybridized carbons (Fsp3) is 0.320. The highest BCUT2D eigenvalue weighted by molar-refractivity contribution is 6.06. The molecule has 6 nitrogen and oxygen atoms in total. The first kappa shape index (κ1) is 20.8. The van der Waals surface area contributed by atoms with Crippen LogP contribution in [0.2, 0.25) is 0 Å². The number of nitrogens with zero attached hydrogens (tertiary/aromatic N) is 2. The molecule has 6 heteroatoms. The van der Waals surface area contributed by atoms with Crippen LogP contribution in [0.1, 0.15) is 48.7 Å². The van der Waals surface area contributed by atoms with Gasteiger partial charge in [0.25, 0.3) is 5.91 Å². The summed E-state index contributed by atoms with van der Waals surface area (Å²) in [5.41, 5.74) is 3.20. The first-order valence-electron chi connectivity index (χ1n) is 10.8. The van der Waals surface area contributed by atoms with Crippen molar-refractivity contribution in [3.05, 3.63) is 71.9 Å². The molecule has 3 aromatic rings. The molecule has 0 spiro atoms. The van der Waals surface area contributed by atoms with E-state index in [4.69, 9.17) is 4.98 Å². The molecule has 0 bridgehead atoms. The van der Waals surface area contributed by atoms with Gasteiger partial charge in [-0.15, -0.1) is 0 Å². The van der Waals surface area contributed by atoms with Gasteiger partial charge in [0.05, 0.1) is 11.1 Å². The fourth-order valence-corrected chi connectivity index (χ4v) is 3.89. The number of likely N-dealkylation sites (tertiary alicyclic amines) is 1. The number of aromatic nitrogens is 1. The van der Waals surface area contributed by atoms with Crippen LogP contribution in [0.5, 0.6) is 0 Å². The Morgan fingerprint density at radius 3 is 2.39 bits per heavy atom. The molecule has 1 aliphatic rings. The predicted molar refractivity (Wildman–Crippen MR) is 123 cm³/mol. The molecule has 2 aromatic carbocycles. The second kappa shape index (κ2) is 9.16. The highest BCUT2D eigenvalue weighted by Crippen LogP contribution is 2.23.